The van der Waals surface area contributed by atoms with Gasteiger partial charge in [-0.05, 0) is 24.6 Å². The van der Waals surface area contributed by atoms with Crippen molar-refractivity contribution in [1.29, 1.82) is 0 Å². The largest absolute Gasteiger partial charge is 0.496 e. The average molecular weight is 295 g/mol. The van der Waals surface area contributed by atoms with E-state index in [9.17, 15) is 4.79 Å². The molecule has 0 aliphatic carbocycles. The van der Waals surface area contributed by atoms with Crippen molar-refractivity contribution < 1.29 is 24.1 Å². The van der Waals surface area contributed by atoms with Gasteiger partial charge >= 0.3 is 5.97 Å². The quantitative estimate of drug-likeness (QED) is 0.769. The number of carboxylic acid groups (broad SMARTS) is 1. The van der Waals surface area contributed by atoms with Crippen LogP contribution in [0.5, 0.6) is 11.5 Å². The summed E-state index contributed by atoms with van der Waals surface area (Å²) in [5.74, 6) is -0.135. The number of carboxylic acids is 1. The molecule has 1 N–H and O–H groups in total. The number of ether oxygens (including phenoxy) is 3. The lowest BCUT2D eigenvalue weighted by atomic mass is 10.2. The molecule has 0 radical (unpaired) electrons. The van der Waals surface area contributed by atoms with Crippen molar-refractivity contribution in [3.05, 3.63) is 23.8 Å². The number of nitrogens with zero attached hydrogens (tertiary/aromatic N) is 1. The van der Waals surface area contributed by atoms with E-state index < -0.39 is 5.97 Å². The molecule has 0 atom stereocenters. The zero-order chi connectivity index (χ0) is 15.1. The second kappa shape index (κ2) is 7.85. The van der Waals surface area contributed by atoms with Crippen molar-refractivity contribution in [3.8, 4) is 11.5 Å². The Morgan fingerprint density at radius 2 is 2.14 bits per heavy atom. The normalized spacial score (nSPS) is 15.7. The number of aromatic carboxylic acids is 1. The van der Waals surface area contributed by atoms with Gasteiger partial charge in [-0.15, -0.1) is 0 Å². The van der Waals surface area contributed by atoms with Crippen LogP contribution < -0.4 is 9.47 Å². The molecule has 0 unspecified atom stereocenters. The Labute approximate surface area is 124 Å². The summed E-state index contributed by atoms with van der Waals surface area (Å²) < 4.78 is 15.9. The molecule has 0 bridgehead atoms. The van der Waals surface area contributed by atoms with Gasteiger partial charge in [0.2, 0.25) is 0 Å². The molecule has 1 saturated heterocycles. The van der Waals surface area contributed by atoms with Crippen LogP contribution in [0.4, 0.5) is 0 Å². The number of hydrogen-bond donors (Lipinski definition) is 1. The van der Waals surface area contributed by atoms with Crippen LogP contribution in [0.2, 0.25) is 0 Å². The maximum atomic E-state index is 11.1. The summed E-state index contributed by atoms with van der Waals surface area (Å²) in [6.45, 7) is 5.04. The summed E-state index contributed by atoms with van der Waals surface area (Å²) in [7, 11) is 1.45. The highest BCUT2D eigenvalue weighted by atomic mass is 16.5. The molecular weight excluding hydrogens is 274 g/mol. The lowest BCUT2D eigenvalue weighted by Crippen LogP contribution is -2.37. The second-order valence-corrected chi connectivity index (χ2v) is 4.82. The van der Waals surface area contributed by atoms with E-state index in [0.29, 0.717) is 18.1 Å². The summed E-state index contributed by atoms with van der Waals surface area (Å²) in [6.07, 6.45) is 0.897. The van der Waals surface area contributed by atoms with Gasteiger partial charge in [-0.1, -0.05) is 0 Å². The number of methoxy groups -OCH3 is 1. The van der Waals surface area contributed by atoms with E-state index in [1.807, 2.05) is 0 Å². The fourth-order valence-electron chi connectivity index (χ4n) is 2.25. The minimum Gasteiger partial charge on any atom is -0.496 e. The first-order valence-corrected chi connectivity index (χ1v) is 7.05. The molecule has 6 heteroatoms. The van der Waals surface area contributed by atoms with Crippen LogP contribution in [0.1, 0.15) is 16.8 Å². The first-order chi connectivity index (χ1) is 10.2. The summed E-state index contributed by atoms with van der Waals surface area (Å²) in [5.41, 5.74) is 0.114. The molecule has 0 aromatic heterocycles. The Morgan fingerprint density at radius 1 is 1.38 bits per heavy atom. The van der Waals surface area contributed by atoms with E-state index in [2.05, 4.69) is 4.90 Å². The van der Waals surface area contributed by atoms with Gasteiger partial charge in [0.1, 0.15) is 17.1 Å². The fourth-order valence-corrected chi connectivity index (χ4v) is 2.25. The van der Waals surface area contributed by atoms with Gasteiger partial charge in [0.05, 0.1) is 26.9 Å². The average Bonchev–Trinajstić information content (AvgIpc) is 2.52. The monoisotopic (exact) mass is 295 g/mol. The molecule has 1 aliphatic heterocycles. The van der Waals surface area contributed by atoms with Gasteiger partial charge in [-0.2, -0.15) is 0 Å². The Kier molecular flexibility index (Phi) is 5.83. The van der Waals surface area contributed by atoms with Gasteiger partial charge in [0.25, 0.3) is 0 Å². The summed E-state index contributed by atoms with van der Waals surface area (Å²) in [4.78, 5) is 13.5. The smallest absolute Gasteiger partial charge is 0.339 e. The van der Waals surface area contributed by atoms with Crippen LogP contribution >= 0.6 is 0 Å². The molecule has 1 aromatic rings. The van der Waals surface area contributed by atoms with E-state index in [0.717, 1.165) is 39.3 Å². The van der Waals surface area contributed by atoms with Crippen molar-refractivity contribution in [2.45, 2.75) is 6.42 Å². The van der Waals surface area contributed by atoms with Crippen molar-refractivity contribution in [2.24, 2.45) is 0 Å². The lowest BCUT2D eigenvalue weighted by molar-refractivity contribution is 0.0358. The number of morpholine rings is 1. The number of carbonyl (C=O) groups is 1. The number of benzene rings is 1. The third-order valence-corrected chi connectivity index (χ3v) is 3.39. The van der Waals surface area contributed by atoms with Gasteiger partial charge in [-0.25, -0.2) is 4.79 Å². The Bertz CT molecular complexity index is 471. The van der Waals surface area contributed by atoms with E-state index in [4.69, 9.17) is 19.3 Å². The third kappa shape index (κ3) is 4.61. The van der Waals surface area contributed by atoms with Gasteiger partial charge in [0.15, 0.2) is 0 Å². The predicted molar refractivity (Wildman–Crippen MR) is 77.3 cm³/mol. The maximum absolute atomic E-state index is 11.1. The highest BCUT2D eigenvalue weighted by Crippen LogP contribution is 2.24. The van der Waals surface area contributed by atoms with Gasteiger partial charge in [-0.3, -0.25) is 4.90 Å². The molecule has 1 aliphatic rings. The predicted octanol–water partition coefficient (Wildman–Crippen LogP) is 1.49. The molecular formula is C15H21NO5. The zero-order valence-electron chi connectivity index (χ0n) is 12.2. The summed E-state index contributed by atoms with van der Waals surface area (Å²) in [6, 6.07) is 4.83. The van der Waals surface area contributed by atoms with Crippen LogP contribution in [-0.2, 0) is 4.74 Å². The third-order valence-electron chi connectivity index (χ3n) is 3.39. The van der Waals surface area contributed by atoms with Crippen LogP contribution in [0.15, 0.2) is 18.2 Å². The van der Waals surface area contributed by atoms with Crippen LogP contribution in [0.25, 0.3) is 0 Å². The van der Waals surface area contributed by atoms with Gasteiger partial charge in [0, 0.05) is 19.6 Å². The highest BCUT2D eigenvalue weighted by molar-refractivity contribution is 5.91. The Hall–Kier alpha value is -1.79. The Morgan fingerprint density at radius 3 is 2.81 bits per heavy atom. The second-order valence-electron chi connectivity index (χ2n) is 4.82. The van der Waals surface area contributed by atoms with E-state index >= 15 is 0 Å². The molecule has 116 valence electrons. The molecule has 1 aromatic carbocycles. The maximum Gasteiger partial charge on any atom is 0.339 e. The van der Waals surface area contributed by atoms with Crippen molar-refractivity contribution in [1.82, 2.24) is 4.90 Å². The standard InChI is InChI=1S/C15H21NO5/c1-19-14-4-3-12(11-13(14)15(17)18)21-8-2-5-16-6-9-20-10-7-16/h3-4,11H,2,5-10H2,1H3,(H,17,18). The van der Waals surface area contributed by atoms with E-state index in [1.165, 1.54) is 13.2 Å². The van der Waals surface area contributed by atoms with Crippen LogP contribution in [0.3, 0.4) is 0 Å². The molecule has 1 heterocycles. The molecule has 21 heavy (non-hydrogen) atoms. The molecule has 0 amide bonds. The molecule has 1 fully saturated rings. The lowest BCUT2D eigenvalue weighted by Gasteiger charge is -2.26. The van der Waals surface area contributed by atoms with Crippen molar-refractivity contribution in [2.75, 3.05) is 46.6 Å². The topological polar surface area (TPSA) is 68.2 Å². The van der Waals surface area contributed by atoms with E-state index in [1.54, 1.807) is 12.1 Å². The molecule has 6 nitrogen and oxygen atoms in total. The zero-order valence-corrected chi connectivity index (χ0v) is 12.2. The summed E-state index contributed by atoms with van der Waals surface area (Å²) >= 11 is 0. The van der Waals surface area contributed by atoms with Gasteiger partial charge < -0.3 is 19.3 Å². The number of rotatable bonds is 7. The van der Waals surface area contributed by atoms with E-state index in [-0.39, 0.29) is 5.56 Å². The first kappa shape index (κ1) is 15.6. The summed E-state index contributed by atoms with van der Waals surface area (Å²) in [5, 5.41) is 9.11. The molecule has 2 rings (SSSR count). The molecule has 0 spiro atoms. The van der Waals surface area contributed by atoms with Crippen molar-refractivity contribution >= 4 is 5.97 Å². The Balaban J connectivity index is 1.80. The molecule has 0 saturated carbocycles. The SMILES string of the molecule is COc1ccc(OCCCN2CCOCC2)cc1C(=O)O. The highest BCUT2D eigenvalue weighted by Gasteiger charge is 2.12. The van der Waals surface area contributed by atoms with Crippen LogP contribution in [0, 0.1) is 0 Å². The minimum atomic E-state index is -1.02. The fraction of sp³-hybridized carbons (Fsp3) is 0.533. The number of hydrogen-bond acceptors (Lipinski definition) is 5. The van der Waals surface area contributed by atoms with Crippen molar-refractivity contribution in [3.63, 3.8) is 0 Å². The van der Waals surface area contributed by atoms with Crippen LogP contribution in [-0.4, -0.2) is 62.5 Å². The minimum absolute atomic E-state index is 0.114. The first-order valence-electron chi connectivity index (χ1n) is 7.05.